The van der Waals surface area contributed by atoms with Crippen LogP contribution in [-0.2, 0) is 20.9 Å². The van der Waals surface area contributed by atoms with E-state index in [2.05, 4.69) is 5.32 Å². The number of carbonyl (C=O) groups is 2. The molecule has 0 spiro atoms. The van der Waals surface area contributed by atoms with Crippen LogP contribution >= 0.6 is 0 Å². The Morgan fingerprint density at radius 3 is 2.16 bits per heavy atom. The molecular weight excluding hydrogens is 554 g/mol. The van der Waals surface area contributed by atoms with Crippen molar-refractivity contribution in [1.82, 2.24) is 5.32 Å². The van der Waals surface area contributed by atoms with E-state index in [-0.39, 0.29) is 31.3 Å². The summed E-state index contributed by atoms with van der Waals surface area (Å²) in [6.07, 6.45) is -2.14. The van der Waals surface area contributed by atoms with E-state index in [1.165, 1.54) is 0 Å². The van der Waals surface area contributed by atoms with Crippen LogP contribution in [0.1, 0.15) is 64.2 Å². The number of hydrogen-bond donors (Lipinski definition) is 4. The second-order valence-corrected chi connectivity index (χ2v) is 11.5. The zero-order chi connectivity index (χ0) is 31.9. The van der Waals surface area contributed by atoms with E-state index >= 15 is 0 Å². The van der Waals surface area contributed by atoms with E-state index in [9.17, 15) is 24.9 Å². The van der Waals surface area contributed by atoms with Crippen LogP contribution in [0.4, 0.5) is 4.79 Å². The predicted molar refractivity (Wildman–Crippen MR) is 163 cm³/mol. The molecule has 4 N–H and O–H groups in total. The first-order chi connectivity index (χ1) is 20.5. The number of aliphatic carboxylic acids is 1. The molecule has 2 aromatic carbocycles. The fourth-order valence-electron chi connectivity index (χ4n) is 4.99. The fourth-order valence-corrected chi connectivity index (χ4v) is 4.99. The number of hydrogen-bond acceptors (Lipinski definition) is 8. The van der Waals surface area contributed by atoms with Gasteiger partial charge in [0.2, 0.25) is 0 Å². The van der Waals surface area contributed by atoms with E-state index in [1.807, 2.05) is 44.2 Å². The summed E-state index contributed by atoms with van der Waals surface area (Å²) in [5.74, 6) is -1.55. The van der Waals surface area contributed by atoms with Gasteiger partial charge in [0.25, 0.3) is 0 Å². The molecule has 1 amide bonds. The lowest BCUT2D eigenvalue weighted by atomic mass is 9.79. The molecule has 0 aliphatic heterocycles. The van der Waals surface area contributed by atoms with E-state index in [0.29, 0.717) is 36.7 Å². The molecule has 0 fully saturated rings. The largest absolute Gasteiger partial charge is 0.493 e. The van der Waals surface area contributed by atoms with Crippen LogP contribution in [-0.4, -0.2) is 67.0 Å². The summed E-state index contributed by atoms with van der Waals surface area (Å²) in [5, 5.41) is 35.4. The maximum absolute atomic E-state index is 12.9. The summed E-state index contributed by atoms with van der Waals surface area (Å²) in [6.45, 7) is 8.44. The van der Waals surface area contributed by atoms with Crippen molar-refractivity contribution >= 4 is 12.1 Å². The molecule has 0 saturated heterocycles. The lowest BCUT2D eigenvalue weighted by molar-refractivity contribution is -0.144. The number of carboxylic acids is 1. The molecule has 10 nitrogen and oxygen atoms in total. The summed E-state index contributed by atoms with van der Waals surface area (Å²) in [4.78, 5) is 24.8. The van der Waals surface area contributed by atoms with Crippen LogP contribution < -0.4 is 14.8 Å². The van der Waals surface area contributed by atoms with E-state index in [4.69, 9.17) is 18.9 Å². The number of alkyl carbamates (subject to hydrolysis) is 1. The van der Waals surface area contributed by atoms with Gasteiger partial charge in [-0.15, -0.1) is 0 Å². The second kappa shape index (κ2) is 18.4. The molecule has 0 heterocycles. The lowest BCUT2D eigenvalue weighted by Crippen LogP contribution is -2.47. The number of amides is 1. The Labute approximate surface area is 255 Å². The Morgan fingerprint density at radius 2 is 1.58 bits per heavy atom. The van der Waals surface area contributed by atoms with Crippen molar-refractivity contribution in [3.05, 3.63) is 59.7 Å². The molecule has 5 atom stereocenters. The minimum atomic E-state index is -1.20. The van der Waals surface area contributed by atoms with Crippen molar-refractivity contribution in [3.8, 4) is 11.5 Å². The number of ether oxygens (including phenoxy) is 4. The monoisotopic (exact) mass is 603 g/mol. The summed E-state index contributed by atoms with van der Waals surface area (Å²) in [5.41, 5.74) is 1.39. The molecule has 43 heavy (non-hydrogen) atoms. The van der Waals surface area contributed by atoms with Gasteiger partial charge in [0.05, 0.1) is 37.9 Å². The Balaban J connectivity index is 2.30. The number of methoxy groups -OCH3 is 2. The summed E-state index contributed by atoms with van der Waals surface area (Å²) in [7, 11) is 3.16. The highest BCUT2D eigenvalue weighted by Gasteiger charge is 2.35. The van der Waals surface area contributed by atoms with E-state index in [1.54, 1.807) is 46.3 Å². The third kappa shape index (κ3) is 11.7. The van der Waals surface area contributed by atoms with Crippen LogP contribution in [0.25, 0.3) is 0 Å². The molecule has 10 heteroatoms. The Bertz CT molecular complexity index is 1110. The predicted octanol–water partition coefficient (Wildman–Crippen LogP) is 5.21. The van der Waals surface area contributed by atoms with Gasteiger partial charge in [0.15, 0.2) is 11.5 Å². The average Bonchev–Trinajstić information content (AvgIpc) is 2.98. The Kier molecular flexibility index (Phi) is 15.3. The molecule has 0 saturated carbocycles. The number of nitrogens with one attached hydrogen (secondary N) is 1. The Morgan fingerprint density at radius 1 is 0.884 bits per heavy atom. The van der Waals surface area contributed by atoms with Crippen molar-refractivity contribution in [2.24, 2.45) is 23.7 Å². The number of aliphatic hydroxyl groups is 2. The van der Waals surface area contributed by atoms with Gasteiger partial charge in [-0.2, -0.15) is 0 Å². The average molecular weight is 604 g/mol. The van der Waals surface area contributed by atoms with Crippen molar-refractivity contribution < 1.29 is 43.9 Å². The SMILES string of the molecule is COCCCOc1cc(C(O)[C@@H](C[C@H](NC(=O)OCc2ccccc2)[C@@H](O)CC(C(=O)O)C(C)C)C(C)C)ccc1OC. The molecule has 0 aliphatic carbocycles. The van der Waals surface area contributed by atoms with Gasteiger partial charge < -0.3 is 39.6 Å². The zero-order valence-electron chi connectivity index (χ0n) is 26.2. The van der Waals surface area contributed by atoms with E-state index < -0.39 is 42.1 Å². The highest BCUT2D eigenvalue weighted by molar-refractivity contribution is 5.70. The number of carboxylic acid groups (broad SMARTS) is 1. The van der Waals surface area contributed by atoms with Gasteiger partial charge in [-0.3, -0.25) is 4.79 Å². The first kappa shape index (κ1) is 35.9. The van der Waals surface area contributed by atoms with Crippen LogP contribution in [0, 0.1) is 23.7 Å². The highest BCUT2D eigenvalue weighted by Crippen LogP contribution is 2.37. The van der Waals surface area contributed by atoms with Gasteiger partial charge in [-0.1, -0.05) is 64.1 Å². The number of aliphatic hydroxyl groups excluding tert-OH is 2. The third-order valence-electron chi connectivity index (χ3n) is 7.67. The summed E-state index contributed by atoms with van der Waals surface area (Å²) in [6, 6.07) is 13.5. The van der Waals surface area contributed by atoms with Crippen molar-refractivity contribution in [3.63, 3.8) is 0 Å². The van der Waals surface area contributed by atoms with Gasteiger partial charge in [-0.25, -0.2) is 4.79 Å². The fraction of sp³-hybridized carbons (Fsp3) is 0.576. The topological polar surface area (TPSA) is 144 Å². The van der Waals surface area contributed by atoms with Crippen LogP contribution in [0.15, 0.2) is 48.5 Å². The number of benzene rings is 2. The number of rotatable bonds is 19. The molecular formula is C33H49NO9. The first-order valence-electron chi connectivity index (χ1n) is 14.8. The van der Waals surface area contributed by atoms with Crippen molar-refractivity contribution in [2.45, 2.75) is 71.8 Å². The van der Waals surface area contributed by atoms with Crippen LogP contribution in [0.2, 0.25) is 0 Å². The van der Waals surface area contributed by atoms with Gasteiger partial charge >= 0.3 is 12.1 Å². The summed E-state index contributed by atoms with van der Waals surface area (Å²) < 4.78 is 21.8. The van der Waals surface area contributed by atoms with Gasteiger partial charge in [0, 0.05) is 20.1 Å². The minimum absolute atomic E-state index is 0.0362. The maximum Gasteiger partial charge on any atom is 0.407 e. The lowest BCUT2D eigenvalue weighted by Gasteiger charge is -2.34. The summed E-state index contributed by atoms with van der Waals surface area (Å²) >= 11 is 0. The van der Waals surface area contributed by atoms with Gasteiger partial charge in [0.1, 0.15) is 6.61 Å². The van der Waals surface area contributed by atoms with Crippen molar-refractivity contribution in [1.29, 1.82) is 0 Å². The Hall–Kier alpha value is -3.34. The van der Waals surface area contributed by atoms with Gasteiger partial charge in [-0.05, 0) is 53.9 Å². The smallest absolute Gasteiger partial charge is 0.407 e. The quantitative estimate of drug-likeness (QED) is 0.159. The molecule has 0 radical (unpaired) electrons. The van der Waals surface area contributed by atoms with Crippen molar-refractivity contribution in [2.75, 3.05) is 27.4 Å². The van der Waals surface area contributed by atoms with E-state index in [0.717, 1.165) is 5.56 Å². The number of carbonyl (C=O) groups excluding carboxylic acids is 1. The zero-order valence-corrected chi connectivity index (χ0v) is 26.2. The second-order valence-electron chi connectivity index (χ2n) is 11.5. The van der Waals surface area contributed by atoms with Crippen LogP contribution in [0.5, 0.6) is 11.5 Å². The molecule has 0 aliphatic rings. The molecule has 2 unspecified atom stereocenters. The molecule has 2 rings (SSSR count). The standard InChI is InChI=1S/C33H49NO9/c1-21(2)25(31(36)24-13-14-29(41-6)30(17-24)42-16-10-15-40-5)18-27(28(35)19-26(22(3)4)32(37)38)34-33(39)43-20-23-11-8-7-9-12-23/h7-9,11-14,17,21-22,25-28,31,35-36H,10,15-16,18-20H2,1-6H3,(H,34,39)(H,37,38)/t25-,26?,27-,28-,31?/m0/s1. The van der Waals surface area contributed by atoms with Crippen LogP contribution in [0.3, 0.4) is 0 Å². The molecule has 2 aromatic rings. The maximum atomic E-state index is 12.9. The normalized spacial score (nSPS) is 14.9. The molecule has 0 aromatic heterocycles. The minimum Gasteiger partial charge on any atom is -0.493 e. The highest BCUT2D eigenvalue weighted by atomic mass is 16.5. The molecule has 240 valence electrons. The first-order valence-corrected chi connectivity index (χ1v) is 14.8. The third-order valence-corrected chi connectivity index (χ3v) is 7.67. The molecule has 0 bridgehead atoms.